The number of hydrogen-bond acceptors (Lipinski definition) is 2. The first-order chi connectivity index (χ1) is 9.30. The standard InChI is InChI=1S/C12H8ClF3N2O2/c13-8-3-1-2-4-9(8)18-11(12(14,15)16)7(6-17-18)5-10(19)20/h1-4,6H,5H2,(H,19,20). The molecule has 0 aliphatic rings. The maximum atomic E-state index is 13.1. The second kappa shape index (κ2) is 5.16. The Kier molecular flexibility index (Phi) is 3.71. The van der Waals surface area contributed by atoms with Crippen molar-refractivity contribution in [1.29, 1.82) is 0 Å². The molecule has 0 spiro atoms. The second-order valence-corrected chi connectivity index (χ2v) is 4.36. The molecule has 0 saturated heterocycles. The van der Waals surface area contributed by atoms with Gasteiger partial charge in [-0.3, -0.25) is 4.79 Å². The van der Waals surface area contributed by atoms with Crippen molar-refractivity contribution >= 4 is 17.6 Å². The Labute approximate surface area is 116 Å². The fourth-order valence-corrected chi connectivity index (χ4v) is 2.00. The first kappa shape index (κ1) is 14.4. The topological polar surface area (TPSA) is 55.1 Å². The zero-order valence-corrected chi connectivity index (χ0v) is 10.6. The van der Waals surface area contributed by atoms with Crippen LogP contribution in [-0.2, 0) is 17.4 Å². The van der Waals surface area contributed by atoms with E-state index in [9.17, 15) is 18.0 Å². The summed E-state index contributed by atoms with van der Waals surface area (Å²) in [6.45, 7) is 0. The van der Waals surface area contributed by atoms with Crippen LogP contribution in [0.4, 0.5) is 13.2 Å². The summed E-state index contributed by atoms with van der Waals surface area (Å²) in [4.78, 5) is 10.6. The SMILES string of the molecule is O=C(O)Cc1cnn(-c2ccccc2Cl)c1C(F)(F)F. The summed E-state index contributed by atoms with van der Waals surface area (Å²) in [5.74, 6) is -1.37. The van der Waals surface area contributed by atoms with Gasteiger partial charge in [0.2, 0.25) is 0 Å². The molecule has 0 aliphatic heterocycles. The Hall–Kier alpha value is -2.02. The summed E-state index contributed by atoms with van der Waals surface area (Å²) < 4.78 is 40.0. The Morgan fingerprint density at radius 1 is 1.35 bits per heavy atom. The summed E-state index contributed by atoms with van der Waals surface area (Å²) in [5.41, 5.74) is -1.50. The molecule has 0 unspecified atom stereocenters. The number of aliphatic carboxylic acids is 1. The lowest BCUT2D eigenvalue weighted by Gasteiger charge is -2.13. The number of para-hydroxylation sites is 1. The molecule has 1 aromatic heterocycles. The second-order valence-electron chi connectivity index (χ2n) is 3.95. The molecule has 0 saturated carbocycles. The number of rotatable bonds is 3. The number of carboxylic acids is 1. The number of carbonyl (C=O) groups is 1. The molecule has 0 radical (unpaired) electrons. The van der Waals surface area contributed by atoms with E-state index in [2.05, 4.69) is 5.10 Å². The minimum atomic E-state index is -4.74. The van der Waals surface area contributed by atoms with Gasteiger partial charge in [0.25, 0.3) is 0 Å². The molecule has 4 nitrogen and oxygen atoms in total. The van der Waals surface area contributed by atoms with Crippen molar-refractivity contribution in [3.63, 3.8) is 0 Å². The molecule has 0 fully saturated rings. The number of hydrogen-bond donors (Lipinski definition) is 1. The van der Waals surface area contributed by atoms with E-state index in [1.807, 2.05) is 0 Å². The number of alkyl halides is 3. The molecule has 0 amide bonds. The fourth-order valence-electron chi connectivity index (χ4n) is 1.78. The zero-order valence-electron chi connectivity index (χ0n) is 9.86. The van der Waals surface area contributed by atoms with Gasteiger partial charge in [-0.05, 0) is 12.1 Å². The van der Waals surface area contributed by atoms with E-state index in [-0.39, 0.29) is 10.7 Å². The first-order valence-electron chi connectivity index (χ1n) is 5.41. The van der Waals surface area contributed by atoms with Gasteiger partial charge in [-0.25, -0.2) is 4.68 Å². The van der Waals surface area contributed by atoms with Gasteiger partial charge in [-0.1, -0.05) is 23.7 Å². The maximum absolute atomic E-state index is 13.1. The van der Waals surface area contributed by atoms with E-state index in [1.165, 1.54) is 18.2 Å². The minimum Gasteiger partial charge on any atom is -0.481 e. The number of carboxylic acid groups (broad SMARTS) is 1. The van der Waals surface area contributed by atoms with Gasteiger partial charge in [-0.15, -0.1) is 0 Å². The third kappa shape index (κ3) is 2.77. The summed E-state index contributed by atoms with van der Waals surface area (Å²) in [6.07, 6.45) is -4.61. The average molecular weight is 305 g/mol. The maximum Gasteiger partial charge on any atom is 0.433 e. The van der Waals surface area contributed by atoms with Crippen LogP contribution in [0.5, 0.6) is 0 Å². The smallest absolute Gasteiger partial charge is 0.433 e. The zero-order chi connectivity index (χ0) is 14.9. The van der Waals surface area contributed by atoms with Crippen molar-refractivity contribution in [3.05, 3.63) is 46.7 Å². The molecular formula is C12H8ClF3N2O2. The average Bonchev–Trinajstić information content (AvgIpc) is 2.72. The van der Waals surface area contributed by atoms with E-state index in [1.54, 1.807) is 6.07 Å². The van der Waals surface area contributed by atoms with Crippen LogP contribution >= 0.6 is 11.6 Å². The largest absolute Gasteiger partial charge is 0.481 e. The third-order valence-corrected chi connectivity index (χ3v) is 2.86. The van der Waals surface area contributed by atoms with Gasteiger partial charge >= 0.3 is 12.1 Å². The number of aromatic nitrogens is 2. The quantitative estimate of drug-likeness (QED) is 0.947. The van der Waals surface area contributed by atoms with E-state index in [4.69, 9.17) is 16.7 Å². The van der Waals surface area contributed by atoms with E-state index in [0.29, 0.717) is 4.68 Å². The van der Waals surface area contributed by atoms with Gasteiger partial charge in [0.15, 0.2) is 5.69 Å². The van der Waals surface area contributed by atoms with E-state index in [0.717, 1.165) is 6.20 Å². The van der Waals surface area contributed by atoms with E-state index >= 15 is 0 Å². The first-order valence-corrected chi connectivity index (χ1v) is 5.79. The number of halogens is 4. The summed E-state index contributed by atoms with van der Waals surface area (Å²) in [6, 6.07) is 5.88. The predicted octanol–water partition coefficient (Wildman–Crippen LogP) is 3.17. The number of nitrogens with zero attached hydrogens (tertiary/aromatic N) is 2. The van der Waals surface area contributed by atoms with Crippen molar-refractivity contribution in [2.75, 3.05) is 0 Å². The van der Waals surface area contributed by atoms with Crippen molar-refractivity contribution in [1.82, 2.24) is 9.78 Å². The third-order valence-electron chi connectivity index (χ3n) is 2.54. The van der Waals surface area contributed by atoms with Crippen LogP contribution in [0.15, 0.2) is 30.5 Å². The summed E-state index contributed by atoms with van der Waals surface area (Å²) in [7, 11) is 0. The van der Waals surface area contributed by atoms with Crippen molar-refractivity contribution < 1.29 is 23.1 Å². The van der Waals surface area contributed by atoms with Crippen LogP contribution in [0.25, 0.3) is 5.69 Å². The molecule has 1 aromatic carbocycles. The van der Waals surface area contributed by atoms with Gasteiger partial charge in [-0.2, -0.15) is 18.3 Å². The monoisotopic (exact) mass is 304 g/mol. The molecule has 2 aromatic rings. The highest BCUT2D eigenvalue weighted by molar-refractivity contribution is 6.32. The van der Waals surface area contributed by atoms with Crippen LogP contribution in [0.1, 0.15) is 11.3 Å². The van der Waals surface area contributed by atoms with Crippen LogP contribution < -0.4 is 0 Å². The van der Waals surface area contributed by atoms with Crippen LogP contribution in [0, 0.1) is 0 Å². The Balaban J connectivity index is 2.63. The van der Waals surface area contributed by atoms with Gasteiger partial charge < -0.3 is 5.11 Å². The Morgan fingerprint density at radius 2 is 2.00 bits per heavy atom. The highest BCUT2D eigenvalue weighted by Gasteiger charge is 2.39. The molecule has 0 aliphatic carbocycles. The van der Waals surface area contributed by atoms with Crippen molar-refractivity contribution in [3.8, 4) is 5.69 Å². The molecular weight excluding hydrogens is 297 g/mol. The lowest BCUT2D eigenvalue weighted by atomic mass is 10.1. The van der Waals surface area contributed by atoms with Crippen LogP contribution in [0.2, 0.25) is 5.02 Å². The predicted molar refractivity (Wildman–Crippen MR) is 64.9 cm³/mol. The highest BCUT2D eigenvalue weighted by Crippen LogP contribution is 2.35. The minimum absolute atomic E-state index is 0.0399. The molecule has 1 heterocycles. The van der Waals surface area contributed by atoms with Crippen LogP contribution in [0.3, 0.4) is 0 Å². The molecule has 8 heteroatoms. The molecule has 20 heavy (non-hydrogen) atoms. The Bertz CT molecular complexity index is 652. The molecule has 0 bridgehead atoms. The van der Waals surface area contributed by atoms with Crippen molar-refractivity contribution in [2.45, 2.75) is 12.6 Å². The van der Waals surface area contributed by atoms with Crippen LogP contribution in [-0.4, -0.2) is 20.9 Å². The Morgan fingerprint density at radius 3 is 2.55 bits per heavy atom. The normalized spacial score (nSPS) is 11.6. The number of benzene rings is 1. The van der Waals surface area contributed by atoms with Gasteiger partial charge in [0.1, 0.15) is 0 Å². The molecule has 106 valence electrons. The lowest BCUT2D eigenvalue weighted by Crippen LogP contribution is -2.17. The lowest BCUT2D eigenvalue weighted by molar-refractivity contribution is -0.144. The fraction of sp³-hybridized carbons (Fsp3) is 0.167. The summed E-state index contributed by atoms with van der Waals surface area (Å²) >= 11 is 5.85. The molecule has 2 rings (SSSR count). The van der Waals surface area contributed by atoms with E-state index < -0.39 is 29.8 Å². The molecule has 0 atom stereocenters. The highest BCUT2D eigenvalue weighted by atomic mass is 35.5. The molecule has 1 N–H and O–H groups in total. The van der Waals surface area contributed by atoms with Crippen molar-refractivity contribution in [2.24, 2.45) is 0 Å². The van der Waals surface area contributed by atoms with Gasteiger partial charge in [0.05, 0.1) is 23.3 Å². The van der Waals surface area contributed by atoms with Gasteiger partial charge in [0, 0.05) is 5.56 Å². The summed E-state index contributed by atoms with van der Waals surface area (Å²) in [5, 5.41) is 12.4.